The molecule has 0 radical (unpaired) electrons. The largest absolute Gasteiger partial charge is 0.435 e. The second-order valence-electron chi connectivity index (χ2n) is 5.19. The minimum atomic E-state index is -4.98. The molecule has 1 aromatic heterocycles. The van der Waals surface area contributed by atoms with E-state index in [2.05, 4.69) is 22.6 Å². The Morgan fingerprint density at radius 1 is 1.21 bits per heavy atom. The van der Waals surface area contributed by atoms with Gasteiger partial charge in [-0.15, -0.1) is 0 Å². The number of thiocarbonyl (C=S) groups is 2. The molecule has 6 nitrogen and oxygen atoms in total. The Kier molecular flexibility index (Phi) is 5.94. The van der Waals surface area contributed by atoms with E-state index in [0.29, 0.717) is 6.07 Å². The molecule has 0 saturated heterocycles. The van der Waals surface area contributed by atoms with Crippen molar-refractivity contribution in [2.45, 2.75) is 6.18 Å². The number of anilines is 1. The average Bonchev–Trinajstić information content (AvgIpc) is 2.97. The van der Waals surface area contributed by atoms with Crippen LogP contribution >= 0.6 is 24.4 Å². The van der Waals surface area contributed by atoms with Gasteiger partial charge in [0.1, 0.15) is 0 Å². The molecule has 1 amide bonds. The summed E-state index contributed by atoms with van der Waals surface area (Å²) in [6, 6.07) is 1.33. The number of hydrogen-bond donors (Lipinski definition) is 2. The Bertz CT molecular complexity index is 974. The van der Waals surface area contributed by atoms with E-state index in [1.54, 1.807) is 0 Å². The monoisotopic (exact) mass is 441 g/mol. The fourth-order valence-electron chi connectivity index (χ4n) is 2.06. The van der Waals surface area contributed by atoms with Crippen LogP contribution in [-0.2, 0) is 13.2 Å². The van der Waals surface area contributed by atoms with Gasteiger partial charge in [-0.25, -0.2) is 18.1 Å². The lowest BCUT2D eigenvalue weighted by molar-refractivity contribution is -0.141. The molecule has 0 aliphatic heterocycles. The molecule has 1 heterocycles. The van der Waals surface area contributed by atoms with Crippen molar-refractivity contribution in [3.05, 3.63) is 47.0 Å². The van der Waals surface area contributed by atoms with Crippen LogP contribution in [0.1, 0.15) is 16.1 Å². The second-order valence-corrected chi connectivity index (χ2v) is 6.00. The number of nitrogens with two attached hydrogens (primary N) is 1. The maximum Gasteiger partial charge on any atom is 0.435 e. The van der Waals surface area contributed by atoms with Crippen LogP contribution in [0.3, 0.4) is 0 Å². The van der Waals surface area contributed by atoms with Crippen molar-refractivity contribution in [2.75, 3.05) is 5.32 Å². The molecular weight excluding hydrogens is 432 g/mol. The number of hydrogen-bond acceptors (Lipinski definition) is 4. The van der Waals surface area contributed by atoms with E-state index < -0.39 is 56.7 Å². The third-order valence-electron chi connectivity index (χ3n) is 3.23. The molecule has 2 rings (SSSR count). The first kappa shape index (κ1) is 21.6. The van der Waals surface area contributed by atoms with Gasteiger partial charge in [0.15, 0.2) is 33.4 Å². The zero-order chi connectivity index (χ0) is 21.4. The van der Waals surface area contributed by atoms with E-state index in [1.807, 2.05) is 0 Å². The van der Waals surface area contributed by atoms with Gasteiger partial charge >= 0.3 is 6.18 Å². The summed E-state index contributed by atoms with van der Waals surface area (Å²) in [5.74, 6) is -6.39. The average molecular weight is 441 g/mol. The Balaban J connectivity index is 2.41. The van der Waals surface area contributed by atoms with Gasteiger partial charge in [0.25, 0.3) is 5.91 Å². The van der Waals surface area contributed by atoms with Crippen LogP contribution in [0.25, 0.3) is 0 Å². The topological polar surface area (TPSA) is 76.2 Å². The number of amides is 1. The maximum absolute atomic E-state index is 13.8. The number of carbonyl (C=O) groups is 1. The van der Waals surface area contributed by atoms with E-state index in [0.717, 1.165) is 24.0 Å². The predicted molar refractivity (Wildman–Crippen MR) is 93.7 cm³/mol. The number of benzene rings is 1. The van der Waals surface area contributed by atoms with Crippen molar-refractivity contribution >= 4 is 46.3 Å². The van der Waals surface area contributed by atoms with Gasteiger partial charge in [-0.1, -0.05) is 0 Å². The molecule has 0 saturated carbocycles. The first-order chi connectivity index (χ1) is 12.8. The number of carbonyl (C=O) groups excluding carboxylic acids is 1. The summed E-state index contributed by atoms with van der Waals surface area (Å²) in [6.45, 7) is 0. The van der Waals surface area contributed by atoms with Crippen molar-refractivity contribution in [3.63, 3.8) is 0 Å². The number of alkyl halides is 3. The van der Waals surface area contributed by atoms with Crippen LogP contribution in [0, 0.1) is 17.5 Å². The molecule has 0 bridgehead atoms. The first-order valence-electron chi connectivity index (χ1n) is 7.03. The lowest BCUT2D eigenvalue weighted by atomic mass is 10.2. The molecule has 0 aliphatic rings. The molecule has 3 N–H and O–H groups in total. The number of halogens is 6. The summed E-state index contributed by atoms with van der Waals surface area (Å²) in [5.41, 5.74) is 2.21. The van der Waals surface area contributed by atoms with Gasteiger partial charge in [-0.2, -0.15) is 18.3 Å². The standard InChI is InChI=1S/C14H9F6N5OS2/c1-24-4-5(10(23-24)14(18,19)20)11(26)25(12(21)27)13(28)22-7-3-2-6(15)8(16)9(7)17/h2-4H,1H3,(H2,21,27)(H,22,28). The van der Waals surface area contributed by atoms with Gasteiger partial charge in [0.05, 0.1) is 11.3 Å². The van der Waals surface area contributed by atoms with E-state index >= 15 is 0 Å². The number of rotatable bonds is 2. The maximum atomic E-state index is 13.8. The molecule has 0 fully saturated rings. The van der Waals surface area contributed by atoms with Gasteiger partial charge in [0.2, 0.25) is 0 Å². The quantitative estimate of drug-likeness (QED) is 0.424. The minimum Gasteiger partial charge on any atom is -0.375 e. The van der Waals surface area contributed by atoms with Crippen LogP contribution in [-0.4, -0.2) is 30.8 Å². The van der Waals surface area contributed by atoms with Crippen molar-refractivity contribution in [1.82, 2.24) is 14.7 Å². The van der Waals surface area contributed by atoms with E-state index in [1.165, 1.54) is 0 Å². The zero-order valence-electron chi connectivity index (χ0n) is 13.6. The lowest BCUT2D eigenvalue weighted by Crippen LogP contribution is -2.47. The van der Waals surface area contributed by atoms with Crippen molar-refractivity contribution < 1.29 is 31.1 Å². The van der Waals surface area contributed by atoms with E-state index in [-0.39, 0.29) is 4.90 Å². The molecule has 0 aliphatic carbocycles. The highest BCUT2D eigenvalue weighted by atomic mass is 32.1. The smallest absolute Gasteiger partial charge is 0.375 e. The van der Waals surface area contributed by atoms with Crippen LogP contribution in [0.15, 0.2) is 18.3 Å². The Morgan fingerprint density at radius 2 is 1.82 bits per heavy atom. The summed E-state index contributed by atoms with van der Waals surface area (Å²) < 4.78 is 80.1. The highest BCUT2D eigenvalue weighted by Crippen LogP contribution is 2.31. The van der Waals surface area contributed by atoms with Crippen molar-refractivity contribution in [2.24, 2.45) is 12.8 Å². The minimum absolute atomic E-state index is 0.262. The van der Waals surface area contributed by atoms with Crippen LogP contribution in [0.4, 0.5) is 32.0 Å². The SMILES string of the molecule is Cn1cc(C(=O)N(C(N)=S)C(=S)Nc2ccc(F)c(F)c2F)c(C(F)(F)F)n1. The Labute approximate surface area is 163 Å². The molecule has 1 aromatic carbocycles. The van der Waals surface area contributed by atoms with Crippen LogP contribution in [0.2, 0.25) is 0 Å². The molecular formula is C14H9F6N5OS2. The summed E-state index contributed by atoms with van der Waals surface area (Å²) in [5, 5.41) is 3.68. The van der Waals surface area contributed by atoms with Crippen molar-refractivity contribution in [3.8, 4) is 0 Å². The summed E-state index contributed by atoms with van der Waals surface area (Å²) in [4.78, 5) is 12.8. The van der Waals surface area contributed by atoms with Crippen molar-refractivity contribution in [1.29, 1.82) is 0 Å². The lowest BCUT2D eigenvalue weighted by Gasteiger charge is -2.22. The van der Waals surface area contributed by atoms with E-state index in [9.17, 15) is 31.1 Å². The molecule has 28 heavy (non-hydrogen) atoms. The number of nitrogens with zero attached hydrogens (tertiary/aromatic N) is 3. The van der Waals surface area contributed by atoms with Crippen LogP contribution in [0.5, 0.6) is 0 Å². The number of nitrogens with one attached hydrogen (secondary N) is 1. The highest BCUT2D eigenvalue weighted by molar-refractivity contribution is 7.82. The third-order valence-corrected chi connectivity index (χ3v) is 3.70. The molecule has 150 valence electrons. The van der Waals surface area contributed by atoms with Crippen LogP contribution < -0.4 is 11.1 Å². The summed E-state index contributed by atoms with van der Waals surface area (Å²) >= 11 is 9.45. The summed E-state index contributed by atoms with van der Waals surface area (Å²) in [7, 11) is 1.14. The Morgan fingerprint density at radius 3 is 2.36 bits per heavy atom. The van der Waals surface area contributed by atoms with Gasteiger partial charge in [-0.3, -0.25) is 9.48 Å². The highest BCUT2D eigenvalue weighted by Gasteiger charge is 2.41. The fourth-order valence-corrected chi connectivity index (χ4v) is 2.58. The number of aromatic nitrogens is 2. The number of aryl methyl sites for hydroxylation is 1. The zero-order valence-corrected chi connectivity index (χ0v) is 15.3. The molecule has 0 atom stereocenters. The molecule has 0 spiro atoms. The molecule has 0 unspecified atom stereocenters. The summed E-state index contributed by atoms with van der Waals surface area (Å²) in [6.07, 6.45) is -4.22. The van der Waals surface area contributed by atoms with E-state index in [4.69, 9.17) is 18.0 Å². The van der Waals surface area contributed by atoms with Gasteiger partial charge < -0.3 is 11.1 Å². The molecule has 2 aromatic rings. The van der Waals surface area contributed by atoms with Gasteiger partial charge in [0, 0.05) is 13.2 Å². The normalized spacial score (nSPS) is 11.2. The molecule has 14 heteroatoms. The Hall–Kier alpha value is -2.74. The fraction of sp³-hybridized carbons (Fsp3) is 0.143. The first-order valence-corrected chi connectivity index (χ1v) is 7.85. The third kappa shape index (κ3) is 4.22. The predicted octanol–water partition coefficient (Wildman–Crippen LogP) is 2.94. The van der Waals surface area contributed by atoms with Gasteiger partial charge in [-0.05, 0) is 36.6 Å². The second kappa shape index (κ2) is 7.71.